The summed E-state index contributed by atoms with van der Waals surface area (Å²) < 4.78 is 37.9. The van der Waals surface area contributed by atoms with E-state index in [0.717, 1.165) is 12.8 Å². The lowest BCUT2D eigenvalue weighted by molar-refractivity contribution is -0.120. The Bertz CT molecular complexity index is 524. The van der Waals surface area contributed by atoms with Gasteiger partial charge in [-0.05, 0) is 43.5 Å². The van der Waals surface area contributed by atoms with Gasteiger partial charge in [-0.25, -0.2) is 0 Å². The fourth-order valence-corrected chi connectivity index (χ4v) is 2.18. The van der Waals surface area contributed by atoms with Crippen molar-refractivity contribution in [2.75, 3.05) is 11.4 Å². The largest absolute Gasteiger partial charge is 0.409 e. The molecular weight excluding hydrogens is 271 g/mol. The third kappa shape index (κ3) is 3.34. The number of alkyl halides is 3. The molecule has 2 rings (SSSR count). The van der Waals surface area contributed by atoms with Crippen LogP contribution in [0, 0.1) is 6.92 Å². The van der Waals surface area contributed by atoms with Crippen LogP contribution in [-0.4, -0.2) is 29.8 Å². The van der Waals surface area contributed by atoms with E-state index in [1.807, 2.05) is 0 Å². The van der Waals surface area contributed by atoms with Crippen molar-refractivity contribution in [2.45, 2.75) is 32.0 Å². The van der Waals surface area contributed by atoms with Gasteiger partial charge < -0.3 is 15.8 Å². The van der Waals surface area contributed by atoms with E-state index < -0.39 is 12.7 Å². The summed E-state index contributed by atoms with van der Waals surface area (Å²) >= 11 is 0. The second-order valence-electron chi connectivity index (χ2n) is 4.96. The molecule has 0 bridgehead atoms. The van der Waals surface area contributed by atoms with Gasteiger partial charge >= 0.3 is 6.18 Å². The SMILES string of the molecule is Cc1cc(N(CC(F)(F)F)C2CC2)ccc1/C(N)=N/O. The number of nitrogens with zero attached hydrogens (tertiary/aromatic N) is 2. The molecule has 0 aromatic heterocycles. The molecule has 3 N–H and O–H groups in total. The summed E-state index contributed by atoms with van der Waals surface area (Å²) in [5, 5.41) is 11.5. The van der Waals surface area contributed by atoms with Crippen LogP contribution in [-0.2, 0) is 0 Å². The quantitative estimate of drug-likeness (QED) is 0.387. The summed E-state index contributed by atoms with van der Waals surface area (Å²) in [6.07, 6.45) is -2.69. The maximum absolute atomic E-state index is 12.6. The van der Waals surface area contributed by atoms with Crippen molar-refractivity contribution in [1.82, 2.24) is 0 Å². The lowest BCUT2D eigenvalue weighted by Gasteiger charge is -2.26. The van der Waals surface area contributed by atoms with Crippen molar-refractivity contribution in [3.63, 3.8) is 0 Å². The maximum Gasteiger partial charge on any atom is 0.405 e. The Morgan fingerprint density at radius 3 is 2.55 bits per heavy atom. The van der Waals surface area contributed by atoms with Crippen molar-refractivity contribution in [3.05, 3.63) is 29.3 Å². The Morgan fingerprint density at radius 1 is 1.45 bits per heavy atom. The first-order chi connectivity index (χ1) is 9.31. The molecule has 1 fully saturated rings. The van der Waals surface area contributed by atoms with E-state index in [1.54, 1.807) is 25.1 Å². The molecule has 1 aromatic carbocycles. The molecule has 0 unspecified atom stereocenters. The zero-order valence-corrected chi connectivity index (χ0v) is 11.0. The van der Waals surface area contributed by atoms with Gasteiger partial charge in [-0.15, -0.1) is 0 Å². The number of rotatable bonds is 4. The number of aryl methyl sites for hydroxylation is 1. The van der Waals surface area contributed by atoms with Crippen molar-refractivity contribution in [2.24, 2.45) is 10.9 Å². The number of anilines is 1. The lowest BCUT2D eigenvalue weighted by atomic mass is 10.1. The van der Waals surface area contributed by atoms with E-state index in [-0.39, 0.29) is 11.9 Å². The zero-order chi connectivity index (χ0) is 14.9. The van der Waals surface area contributed by atoms with Gasteiger partial charge in [-0.1, -0.05) is 5.16 Å². The molecule has 0 spiro atoms. The highest BCUT2D eigenvalue weighted by molar-refractivity contribution is 5.98. The molecule has 4 nitrogen and oxygen atoms in total. The molecular formula is C13H16F3N3O. The van der Waals surface area contributed by atoms with Crippen LogP contribution in [0.3, 0.4) is 0 Å². The van der Waals surface area contributed by atoms with E-state index in [4.69, 9.17) is 10.9 Å². The molecule has 1 aliphatic rings. The van der Waals surface area contributed by atoms with Crippen molar-refractivity contribution >= 4 is 11.5 Å². The highest BCUT2D eigenvalue weighted by atomic mass is 19.4. The van der Waals surface area contributed by atoms with Gasteiger partial charge in [-0.3, -0.25) is 0 Å². The van der Waals surface area contributed by atoms with Crippen molar-refractivity contribution in [1.29, 1.82) is 0 Å². The van der Waals surface area contributed by atoms with E-state index in [1.165, 1.54) is 4.90 Å². The highest BCUT2D eigenvalue weighted by Crippen LogP contribution is 2.35. The summed E-state index contributed by atoms with van der Waals surface area (Å²) in [6, 6.07) is 4.73. The Kier molecular flexibility index (Phi) is 3.78. The molecule has 7 heteroatoms. The zero-order valence-electron chi connectivity index (χ0n) is 11.0. The van der Waals surface area contributed by atoms with Crippen LogP contribution in [0.5, 0.6) is 0 Å². The third-order valence-electron chi connectivity index (χ3n) is 3.26. The second-order valence-corrected chi connectivity index (χ2v) is 4.96. The van der Waals surface area contributed by atoms with E-state index in [2.05, 4.69) is 5.16 Å². The Morgan fingerprint density at radius 2 is 2.10 bits per heavy atom. The van der Waals surface area contributed by atoms with Crippen molar-refractivity contribution in [3.8, 4) is 0 Å². The number of halogens is 3. The number of amidine groups is 1. The predicted octanol–water partition coefficient (Wildman–Crippen LogP) is 2.62. The second kappa shape index (κ2) is 5.22. The molecule has 20 heavy (non-hydrogen) atoms. The molecule has 0 saturated heterocycles. The van der Waals surface area contributed by atoms with Gasteiger partial charge in [0.25, 0.3) is 0 Å². The summed E-state index contributed by atoms with van der Waals surface area (Å²) in [6.45, 7) is 0.759. The van der Waals surface area contributed by atoms with Crippen LogP contribution < -0.4 is 10.6 Å². The van der Waals surface area contributed by atoms with E-state index >= 15 is 0 Å². The molecule has 1 aromatic rings. The minimum atomic E-state index is -4.24. The first kappa shape index (κ1) is 14.5. The van der Waals surface area contributed by atoms with Crippen LogP contribution in [0.25, 0.3) is 0 Å². The average molecular weight is 287 g/mol. The summed E-state index contributed by atoms with van der Waals surface area (Å²) in [5.74, 6) is -0.0529. The predicted molar refractivity (Wildman–Crippen MR) is 70.1 cm³/mol. The topological polar surface area (TPSA) is 61.8 Å². The van der Waals surface area contributed by atoms with Gasteiger partial charge in [0.2, 0.25) is 0 Å². The van der Waals surface area contributed by atoms with Gasteiger partial charge in [0.05, 0.1) is 0 Å². The lowest BCUT2D eigenvalue weighted by Crippen LogP contribution is -2.36. The van der Waals surface area contributed by atoms with Crippen LogP contribution in [0.4, 0.5) is 18.9 Å². The number of oxime groups is 1. The summed E-state index contributed by atoms with van der Waals surface area (Å²) in [4.78, 5) is 1.36. The molecule has 110 valence electrons. The monoisotopic (exact) mass is 287 g/mol. The Labute approximate surface area is 114 Å². The number of hydrogen-bond donors (Lipinski definition) is 2. The van der Waals surface area contributed by atoms with Crippen LogP contribution in [0.2, 0.25) is 0 Å². The normalized spacial score (nSPS) is 16.3. The van der Waals surface area contributed by atoms with E-state index in [0.29, 0.717) is 16.8 Å². The molecule has 0 atom stereocenters. The minimum absolute atomic E-state index is 0.0502. The first-order valence-corrected chi connectivity index (χ1v) is 6.24. The average Bonchev–Trinajstić information content (AvgIpc) is 3.18. The number of benzene rings is 1. The summed E-state index contributed by atoms with van der Waals surface area (Å²) in [7, 11) is 0. The van der Waals surface area contributed by atoms with Crippen LogP contribution >= 0.6 is 0 Å². The van der Waals surface area contributed by atoms with Gasteiger partial charge in [0, 0.05) is 17.3 Å². The highest BCUT2D eigenvalue weighted by Gasteiger charge is 2.38. The van der Waals surface area contributed by atoms with Crippen molar-refractivity contribution < 1.29 is 18.4 Å². The van der Waals surface area contributed by atoms with Gasteiger partial charge in [0.15, 0.2) is 5.84 Å². The first-order valence-electron chi connectivity index (χ1n) is 6.24. The molecule has 1 aliphatic carbocycles. The molecule has 0 amide bonds. The number of nitrogens with two attached hydrogens (primary N) is 1. The van der Waals surface area contributed by atoms with Crippen LogP contribution in [0.1, 0.15) is 24.0 Å². The third-order valence-corrected chi connectivity index (χ3v) is 3.26. The minimum Gasteiger partial charge on any atom is -0.409 e. The molecule has 0 heterocycles. The van der Waals surface area contributed by atoms with Crippen LogP contribution in [0.15, 0.2) is 23.4 Å². The Hall–Kier alpha value is -1.92. The number of hydrogen-bond acceptors (Lipinski definition) is 3. The standard InChI is InChI=1S/C13H16F3N3O/c1-8-6-10(4-5-11(8)12(17)18-20)19(9-2-3-9)7-13(14,15)16/h4-6,9,20H,2-3,7H2,1H3,(H2,17,18). The smallest absolute Gasteiger partial charge is 0.405 e. The Balaban J connectivity index is 2.28. The van der Waals surface area contributed by atoms with Gasteiger partial charge in [-0.2, -0.15) is 13.2 Å². The molecule has 1 saturated carbocycles. The maximum atomic E-state index is 12.6. The molecule has 0 aliphatic heterocycles. The molecule has 0 radical (unpaired) electrons. The van der Waals surface area contributed by atoms with E-state index in [9.17, 15) is 13.2 Å². The summed E-state index contributed by atoms with van der Waals surface area (Å²) in [5.41, 5.74) is 7.20. The fourth-order valence-electron chi connectivity index (χ4n) is 2.18. The fraction of sp³-hybridized carbons (Fsp3) is 0.462. The van der Waals surface area contributed by atoms with Gasteiger partial charge in [0.1, 0.15) is 6.54 Å².